The number of carbonyl (C=O) groups is 1. The van der Waals surface area contributed by atoms with Crippen molar-refractivity contribution in [2.75, 3.05) is 13.1 Å². The molecule has 13 heavy (non-hydrogen) atoms. The van der Waals surface area contributed by atoms with Crippen molar-refractivity contribution in [3.63, 3.8) is 0 Å². The maximum atomic E-state index is 11.7. The minimum absolute atomic E-state index is 0.329. The molecular formula is C10H21N2O+. The van der Waals surface area contributed by atoms with Crippen molar-refractivity contribution in [3.05, 3.63) is 0 Å². The normalized spacial score (nSPS) is 29.0. The van der Waals surface area contributed by atoms with E-state index in [9.17, 15) is 4.79 Å². The highest BCUT2D eigenvalue weighted by Gasteiger charge is 2.28. The molecule has 1 aliphatic rings. The molecule has 0 radical (unpaired) electrons. The molecule has 1 heterocycles. The average Bonchev–Trinajstić information content (AvgIpc) is 2.09. The highest BCUT2D eigenvalue weighted by molar-refractivity contribution is 5.76. The first-order chi connectivity index (χ1) is 6.15. The van der Waals surface area contributed by atoms with E-state index in [-0.39, 0.29) is 0 Å². The Labute approximate surface area is 80.5 Å². The van der Waals surface area contributed by atoms with E-state index in [1.165, 1.54) is 0 Å². The minimum atomic E-state index is 0.329. The van der Waals surface area contributed by atoms with Gasteiger partial charge in [0.1, 0.15) is 6.04 Å². The Morgan fingerprint density at radius 2 is 2.23 bits per heavy atom. The third-order valence-corrected chi connectivity index (χ3v) is 2.68. The van der Waals surface area contributed by atoms with Gasteiger partial charge in [0.05, 0.1) is 19.1 Å². The lowest BCUT2D eigenvalue weighted by Crippen LogP contribution is -2.96. The number of quaternary nitrogens is 1. The fourth-order valence-corrected chi connectivity index (χ4v) is 1.83. The Balaban J connectivity index is 2.50. The van der Waals surface area contributed by atoms with E-state index in [1.807, 2.05) is 4.90 Å². The molecule has 2 N–H and O–H groups in total. The average molecular weight is 185 g/mol. The van der Waals surface area contributed by atoms with Crippen LogP contribution in [-0.4, -0.2) is 36.0 Å². The van der Waals surface area contributed by atoms with Crippen LogP contribution >= 0.6 is 0 Å². The first-order valence-electron chi connectivity index (χ1n) is 5.28. The van der Waals surface area contributed by atoms with Crippen molar-refractivity contribution in [3.8, 4) is 0 Å². The Hall–Kier alpha value is -0.570. The lowest BCUT2D eigenvalue weighted by atomic mass is 10.1. The van der Waals surface area contributed by atoms with Gasteiger partial charge in [0.2, 0.25) is 5.91 Å². The van der Waals surface area contributed by atoms with Crippen LogP contribution in [0.1, 0.15) is 33.6 Å². The molecule has 1 aliphatic heterocycles. The molecule has 0 saturated carbocycles. The van der Waals surface area contributed by atoms with Crippen LogP contribution in [0.4, 0.5) is 0 Å². The SMILES string of the molecule is CCCC(=O)N1CC(C)[NH2+]CC1C. The fourth-order valence-electron chi connectivity index (χ4n) is 1.83. The number of nitrogens with zero attached hydrogens (tertiary/aromatic N) is 1. The van der Waals surface area contributed by atoms with Crippen LogP contribution in [0.15, 0.2) is 0 Å². The number of carbonyl (C=O) groups excluding carboxylic acids is 1. The number of nitrogens with two attached hydrogens (primary N) is 1. The van der Waals surface area contributed by atoms with Gasteiger partial charge in [-0.05, 0) is 20.3 Å². The van der Waals surface area contributed by atoms with E-state index >= 15 is 0 Å². The van der Waals surface area contributed by atoms with Crippen LogP contribution in [-0.2, 0) is 4.79 Å². The number of hydrogen-bond donors (Lipinski definition) is 1. The Kier molecular flexibility index (Phi) is 3.72. The lowest BCUT2D eigenvalue weighted by Gasteiger charge is -2.35. The van der Waals surface area contributed by atoms with Gasteiger partial charge in [-0.15, -0.1) is 0 Å². The maximum Gasteiger partial charge on any atom is 0.223 e. The molecule has 0 aromatic rings. The van der Waals surface area contributed by atoms with Crippen molar-refractivity contribution in [2.45, 2.75) is 45.7 Å². The Morgan fingerprint density at radius 1 is 1.54 bits per heavy atom. The van der Waals surface area contributed by atoms with Gasteiger partial charge < -0.3 is 10.2 Å². The molecule has 1 rings (SSSR count). The molecule has 1 fully saturated rings. The quantitative estimate of drug-likeness (QED) is 0.644. The van der Waals surface area contributed by atoms with Crippen LogP contribution in [0.3, 0.4) is 0 Å². The monoisotopic (exact) mass is 185 g/mol. The largest absolute Gasteiger partial charge is 0.341 e. The molecule has 3 nitrogen and oxygen atoms in total. The third-order valence-electron chi connectivity index (χ3n) is 2.68. The summed E-state index contributed by atoms with van der Waals surface area (Å²) < 4.78 is 0. The van der Waals surface area contributed by atoms with E-state index in [2.05, 4.69) is 26.1 Å². The van der Waals surface area contributed by atoms with Crippen LogP contribution in [0, 0.1) is 0 Å². The maximum absolute atomic E-state index is 11.7. The standard InChI is InChI=1S/C10H20N2O/c1-4-5-10(13)12-7-8(2)11-6-9(12)3/h8-9,11H,4-7H2,1-3H3/p+1. The van der Waals surface area contributed by atoms with Crippen molar-refractivity contribution in [1.82, 2.24) is 4.90 Å². The Morgan fingerprint density at radius 3 is 2.85 bits per heavy atom. The summed E-state index contributed by atoms with van der Waals surface area (Å²) in [5.41, 5.74) is 0. The van der Waals surface area contributed by atoms with E-state index in [4.69, 9.17) is 0 Å². The lowest BCUT2D eigenvalue weighted by molar-refractivity contribution is -0.698. The molecule has 3 heteroatoms. The second kappa shape index (κ2) is 4.61. The van der Waals surface area contributed by atoms with E-state index in [1.54, 1.807) is 0 Å². The molecule has 76 valence electrons. The van der Waals surface area contributed by atoms with Crippen molar-refractivity contribution in [2.24, 2.45) is 0 Å². The fraction of sp³-hybridized carbons (Fsp3) is 0.900. The smallest absolute Gasteiger partial charge is 0.223 e. The number of rotatable bonds is 2. The summed E-state index contributed by atoms with van der Waals surface area (Å²) in [5.74, 6) is 0.329. The molecule has 1 saturated heterocycles. The number of hydrogen-bond acceptors (Lipinski definition) is 1. The molecule has 1 amide bonds. The van der Waals surface area contributed by atoms with Gasteiger partial charge in [0.25, 0.3) is 0 Å². The molecule has 0 spiro atoms. The number of amides is 1. The summed E-state index contributed by atoms with van der Waals surface area (Å²) in [6.07, 6.45) is 1.66. The summed E-state index contributed by atoms with van der Waals surface area (Å²) in [6, 6.07) is 0.979. The van der Waals surface area contributed by atoms with Crippen molar-refractivity contribution < 1.29 is 10.1 Å². The first-order valence-corrected chi connectivity index (χ1v) is 5.28. The van der Waals surface area contributed by atoms with E-state index in [0.29, 0.717) is 24.4 Å². The van der Waals surface area contributed by atoms with E-state index < -0.39 is 0 Å². The summed E-state index contributed by atoms with van der Waals surface area (Å²) in [7, 11) is 0. The summed E-state index contributed by atoms with van der Waals surface area (Å²) >= 11 is 0. The van der Waals surface area contributed by atoms with Gasteiger partial charge in [-0.2, -0.15) is 0 Å². The Bertz CT molecular complexity index is 182. The molecule has 2 atom stereocenters. The molecular weight excluding hydrogens is 164 g/mol. The summed E-state index contributed by atoms with van der Waals surface area (Å²) in [6.45, 7) is 8.34. The van der Waals surface area contributed by atoms with Gasteiger partial charge in [-0.3, -0.25) is 4.79 Å². The zero-order valence-corrected chi connectivity index (χ0v) is 8.92. The molecule has 0 aliphatic carbocycles. The van der Waals surface area contributed by atoms with Crippen molar-refractivity contribution in [1.29, 1.82) is 0 Å². The number of piperazine rings is 1. The predicted octanol–water partition coefficient (Wildman–Crippen LogP) is -0.0309. The molecule has 0 aromatic heterocycles. The first kappa shape index (κ1) is 10.5. The van der Waals surface area contributed by atoms with Gasteiger partial charge in [0.15, 0.2) is 0 Å². The zero-order chi connectivity index (χ0) is 9.84. The van der Waals surface area contributed by atoms with Crippen LogP contribution < -0.4 is 5.32 Å². The van der Waals surface area contributed by atoms with Gasteiger partial charge in [-0.25, -0.2) is 0 Å². The van der Waals surface area contributed by atoms with Crippen LogP contribution in [0.5, 0.6) is 0 Å². The molecule has 0 bridgehead atoms. The molecule has 0 aromatic carbocycles. The highest BCUT2D eigenvalue weighted by atomic mass is 16.2. The summed E-state index contributed by atoms with van der Waals surface area (Å²) in [4.78, 5) is 13.7. The predicted molar refractivity (Wildman–Crippen MR) is 52.3 cm³/mol. The van der Waals surface area contributed by atoms with Gasteiger partial charge in [0, 0.05) is 6.42 Å². The summed E-state index contributed by atoms with van der Waals surface area (Å²) in [5, 5.41) is 2.32. The van der Waals surface area contributed by atoms with Crippen molar-refractivity contribution >= 4 is 5.91 Å². The second-order valence-corrected chi connectivity index (χ2v) is 4.09. The third kappa shape index (κ3) is 2.69. The van der Waals surface area contributed by atoms with E-state index in [0.717, 1.165) is 19.5 Å². The highest BCUT2D eigenvalue weighted by Crippen LogP contribution is 2.05. The molecule has 2 unspecified atom stereocenters. The van der Waals surface area contributed by atoms with Crippen LogP contribution in [0.25, 0.3) is 0 Å². The van der Waals surface area contributed by atoms with Crippen LogP contribution in [0.2, 0.25) is 0 Å². The second-order valence-electron chi connectivity index (χ2n) is 4.09. The minimum Gasteiger partial charge on any atom is -0.341 e. The topological polar surface area (TPSA) is 36.9 Å². The van der Waals surface area contributed by atoms with Gasteiger partial charge in [-0.1, -0.05) is 6.92 Å². The zero-order valence-electron chi connectivity index (χ0n) is 8.92. The van der Waals surface area contributed by atoms with Gasteiger partial charge >= 0.3 is 0 Å².